The van der Waals surface area contributed by atoms with Crippen molar-refractivity contribution in [1.82, 2.24) is 16.0 Å². The lowest BCUT2D eigenvalue weighted by atomic mass is 10.0. The third-order valence-electron chi connectivity index (χ3n) is 4.38. The van der Waals surface area contributed by atoms with E-state index in [0.717, 1.165) is 0 Å². The van der Waals surface area contributed by atoms with Crippen molar-refractivity contribution < 1.29 is 29.4 Å². The van der Waals surface area contributed by atoms with Crippen molar-refractivity contribution in [3.63, 3.8) is 0 Å². The number of aliphatic hydroxyl groups excluding tert-OH is 1. The number of carbonyl (C=O) groups excluding carboxylic acids is 3. The SMILES string of the molecule is CC(C)[C@H](NC(=O)[C@@H](N)[C@@H](C)O)C(=O)N[C@@H](C)C(=O)N[C@@H](CCCCN)C(=O)O. The van der Waals surface area contributed by atoms with Gasteiger partial charge in [-0.3, -0.25) is 14.4 Å². The molecular formula is C18H35N5O6. The van der Waals surface area contributed by atoms with E-state index in [0.29, 0.717) is 19.4 Å². The number of carbonyl (C=O) groups is 4. The molecule has 0 saturated carbocycles. The van der Waals surface area contributed by atoms with Crippen LogP contribution >= 0.6 is 0 Å². The second-order valence-electron chi connectivity index (χ2n) is 7.41. The first-order chi connectivity index (χ1) is 13.4. The van der Waals surface area contributed by atoms with Crippen LogP contribution in [0.15, 0.2) is 0 Å². The van der Waals surface area contributed by atoms with Crippen LogP contribution in [0.5, 0.6) is 0 Å². The van der Waals surface area contributed by atoms with Gasteiger partial charge in [-0.15, -0.1) is 0 Å². The summed E-state index contributed by atoms with van der Waals surface area (Å²) in [6.45, 7) is 6.58. The summed E-state index contributed by atoms with van der Waals surface area (Å²) in [6.07, 6.45) is 0.305. The molecule has 11 nitrogen and oxygen atoms in total. The monoisotopic (exact) mass is 417 g/mol. The van der Waals surface area contributed by atoms with E-state index in [1.54, 1.807) is 13.8 Å². The van der Waals surface area contributed by atoms with Gasteiger partial charge in [0.1, 0.15) is 24.2 Å². The highest BCUT2D eigenvalue weighted by Gasteiger charge is 2.30. The number of hydrogen-bond acceptors (Lipinski definition) is 7. The molecule has 0 bridgehead atoms. The van der Waals surface area contributed by atoms with Crippen LogP contribution in [-0.4, -0.2) is 70.7 Å². The minimum absolute atomic E-state index is 0.223. The van der Waals surface area contributed by atoms with Gasteiger partial charge in [-0.05, 0) is 45.6 Å². The Morgan fingerprint density at radius 3 is 1.93 bits per heavy atom. The van der Waals surface area contributed by atoms with E-state index >= 15 is 0 Å². The summed E-state index contributed by atoms with van der Waals surface area (Å²) in [7, 11) is 0. The fraction of sp³-hybridized carbons (Fsp3) is 0.778. The van der Waals surface area contributed by atoms with Gasteiger partial charge in [0.25, 0.3) is 0 Å². The first kappa shape index (κ1) is 26.8. The van der Waals surface area contributed by atoms with Crippen molar-refractivity contribution in [2.45, 2.75) is 77.2 Å². The van der Waals surface area contributed by atoms with Crippen LogP contribution in [0.3, 0.4) is 0 Å². The van der Waals surface area contributed by atoms with Crippen molar-refractivity contribution >= 4 is 23.7 Å². The quantitative estimate of drug-likeness (QED) is 0.168. The molecule has 0 aromatic rings. The van der Waals surface area contributed by atoms with Crippen LogP contribution in [0.4, 0.5) is 0 Å². The van der Waals surface area contributed by atoms with Gasteiger partial charge in [0, 0.05) is 0 Å². The maximum atomic E-state index is 12.5. The van der Waals surface area contributed by atoms with Crippen molar-refractivity contribution in [3.05, 3.63) is 0 Å². The second kappa shape index (κ2) is 13.1. The number of nitrogens with one attached hydrogen (secondary N) is 3. The van der Waals surface area contributed by atoms with Gasteiger partial charge in [0.05, 0.1) is 6.10 Å². The molecule has 5 atom stereocenters. The molecule has 0 unspecified atom stereocenters. The summed E-state index contributed by atoms with van der Waals surface area (Å²) in [5.74, 6) is -3.47. The fourth-order valence-electron chi connectivity index (χ4n) is 2.42. The fourth-order valence-corrected chi connectivity index (χ4v) is 2.42. The standard InChI is InChI=1S/C18H35N5O6/c1-9(2)14(23-16(26)13(20)11(4)24)17(27)21-10(3)15(25)22-12(18(28)29)7-5-6-8-19/h9-14,24H,5-8,19-20H2,1-4H3,(H,21,27)(H,22,25)(H,23,26)(H,28,29)/t10-,11+,12-,13-,14-/m0/s1. The zero-order chi connectivity index (χ0) is 22.7. The Balaban J connectivity index is 4.92. The molecule has 29 heavy (non-hydrogen) atoms. The minimum Gasteiger partial charge on any atom is -0.480 e. The molecule has 9 N–H and O–H groups in total. The highest BCUT2D eigenvalue weighted by Crippen LogP contribution is 2.05. The number of nitrogens with two attached hydrogens (primary N) is 2. The number of carboxylic acids is 1. The Labute approximate surface area is 171 Å². The molecule has 3 amide bonds. The van der Waals surface area contributed by atoms with Gasteiger partial charge in [-0.1, -0.05) is 13.8 Å². The van der Waals surface area contributed by atoms with Crippen molar-refractivity contribution in [1.29, 1.82) is 0 Å². The van der Waals surface area contributed by atoms with E-state index < -0.39 is 54.0 Å². The molecular weight excluding hydrogens is 382 g/mol. The Morgan fingerprint density at radius 1 is 0.897 bits per heavy atom. The third-order valence-corrected chi connectivity index (χ3v) is 4.38. The topological polar surface area (TPSA) is 197 Å². The first-order valence-electron chi connectivity index (χ1n) is 9.69. The molecule has 0 fully saturated rings. The molecule has 168 valence electrons. The molecule has 0 spiro atoms. The number of hydrogen-bond donors (Lipinski definition) is 7. The van der Waals surface area contributed by atoms with Gasteiger partial charge in [0.2, 0.25) is 17.7 Å². The predicted octanol–water partition coefficient (Wildman–Crippen LogP) is -1.96. The van der Waals surface area contributed by atoms with E-state index in [-0.39, 0.29) is 12.3 Å². The van der Waals surface area contributed by atoms with Gasteiger partial charge >= 0.3 is 5.97 Å². The number of amides is 3. The molecule has 11 heteroatoms. The van der Waals surface area contributed by atoms with E-state index in [1.165, 1.54) is 13.8 Å². The summed E-state index contributed by atoms with van der Waals surface area (Å²) in [4.78, 5) is 48.1. The number of rotatable bonds is 13. The number of aliphatic carboxylic acids is 1. The molecule has 0 rings (SSSR count). The van der Waals surface area contributed by atoms with Crippen LogP contribution < -0.4 is 27.4 Å². The molecule has 0 aromatic heterocycles. The average molecular weight is 418 g/mol. The summed E-state index contributed by atoms with van der Waals surface area (Å²) in [6, 6.07) is -4.29. The highest BCUT2D eigenvalue weighted by atomic mass is 16.4. The molecule has 0 heterocycles. The number of unbranched alkanes of at least 4 members (excludes halogenated alkanes) is 1. The minimum atomic E-state index is -1.20. The van der Waals surface area contributed by atoms with Crippen LogP contribution in [0.2, 0.25) is 0 Å². The smallest absolute Gasteiger partial charge is 0.326 e. The third kappa shape index (κ3) is 9.68. The van der Waals surface area contributed by atoms with Gasteiger partial charge < -0.3 is 37.6 Å². The average Bonchev–Trinajstić information content (AvgIpc) is 2.63. The van der Waals surface area contributed by atoms with Crippen LogP contribution in [0.25, 0.3) is 0 Å². The normalized spacial score (nSPS) is 16.3. The van der Waals surface area contributed by atoms with Crippen LogP contribution in [-0.2, 0) is 19.2 Å². The molecule has 0 radical (unpaired) electrons. The van der Waals surface area contributed by atoms with Gasteiger partial charge in [0.15, 0.2) is 0 Å². The van der Waals surface area contributed by atoms with E-state index in [4.69, 9.17) is 11.5 Å². The second-order valence-corrected chi connectivity index (χ2v) is 7.41. The zero-order valence-corrected chi connectivity index (χ0v) is 17.5. The Morgan fingerprint density at radius 2 is 1.48 bits per heavy atom. The lowest BCUT2D eigenvalue weighted by Gasteiger charge is -2.26. The number of carboxylic acid groups (broad SMARTS) is 1. The Bertz CT molecular complexity index is 569. The predicted molar refractivity (Wildman–Crippen MR) is 107 cm³/mol. The summed E-state index contributed by atoms with van der Waals surface area (Å²) in [5, 5.41) is 26.0. The Kier molecular flexibility index (Phi) is 12.1. The maximum absolute atomic E-state index is 12.5. The zero-order valence-electron chi connectivity index (χ0n) is 17.5. The summed E-state index contributed by atoms with van der Waals surface area (Å²) >= 11 is 0. The van der Waals surface area contributed by atoms with Gasteiger partial charge in [-0.2, -0.15) is 0 Å². The van der Waals surface area contributed by atoms with Crippen LogP contribution in [0.1, 0.15) is 47.0 Å². The molecule has 0 aliphatic carbocycles. The summed E-state index contributed by atoms with van der Waals surface area (Å²) in [5.41, 5.74) is 11.0. The molecule has 0 aliphatic rings. The van der Waals surface area contributed by atoms with E-state index in [1.807, 2.05) is 0 Å². The van der Waals surface area contributed by atoms with E-state index in [9.17, 15) is 29.4 Å². The number of aliphatic hydroxyl groups is 1. The lowest BCUT2D eigenvalue weighted by molar-refractivity contribution is -0.142. The van der Waals surface area contributed by atoms with Gasteiger partial charge in [-0.25, -0.2) is 4.79 Å². The molecule has 0 saturated heterocycles. The molecule has 0 aliphatic heterocycles. The highest BCUT2D eigenvalue weighted by molar-refractivity contribution is 5.94. The largest absolute Gasteiger partial charge is 0.480 e. The van der Waals surface area contributed by atoms with Crippen molar-refractivity contribution in [3.8, 4) is 0 Å². The van der Waals surface area contributed by atoms with Crippen molar-refractivity contribution in [2.75, 3.05) is 6.54 Å². The lowest BCUT2D eigenvalue weighted by Crippen LogP contribution is -2.58. The maximum Gasteiger partial charge on any atom is 0.326 e. The summed E-state index contributed by atoms with van der Waals surface area (Å²) < 4.78 is 0. The van der Waals surface area contributed by atoms with Crippen molar-refractivity contribution in [2.24, 2.45) is 17.4 Å². The van der Waals surface area contributed by atoms with Crippen LogP contribution in [0, 0.1) is 5.92 Å². The molecule has 0 aromatic carbocycles. The first-order valence-corrected chi connectivity index (χ1v) is 9.69. The Hall–Kier alpha value is -2.24. The van der Waals surface area contributed by atoms with E-state index in [2.05, 4.69) is 16.0 Å².